The van der Waals surface area contributed by atoms with Crippen molar-refractivity contribution in [3.63, 3.8) is 0 Å². The maximum atomic E-state index is 12.2. The van der Waals surface area contributed by atoms with Gasteiger partial charge in [-0.2, -0.15) is 0 Å². The van der Waals surface area contributed by atoms with Crippen molar-refractivity contribution >= 4 is 5.91 Å². The van der Waals surface area contributed by atoms with Crippen molar-refractivity contribution in [2.75, 3.05) is 13.6 Å². The van der Waals surface area contributed by atoms with Gasteiger partial charge in [-0.15, -0.1) is 0 Å². The molecule has 1 amide bonds. The zero-order valence-corrected chi connectivity index (χ0v) is 11.3. The predicted molar refractivity (Wildman–Crippen MR) is 71.1 cm³/mol. The molecule has 3 aliphatic rings. The van der Waals surface area contributed by atoms with Crippen LogP contribution in [0, 0.1) is 5.41 Å². The molecule has 2 atom stereocenters. The highest BCUT2D eigenvalue weighted by atomic mass is 16.2. The second-order valence-electron chi connectivity index (χ2n) is 6.53. The molecule has 2 saturated heterocycles. The molecule has 0 radical (unpaired) electrons. The zero-order chi connectivity index (χ0) is 12.8. The first kappa shape index (κ1) is 12.4. The minimum Gasteiger partial charge on any atom is -0.353 e. The highest BCUT2D eigenvalue weighted by molar-refractivity contribution is 5.85. The number of fused-ring (bicyclic) bond motifs is 2. The van der Waals surface area contributed by atoms with E-state index >= 15 is 0 Å². The van der Waals surface area contributed by atoms with E-state index in [1.165, 1.54) is 19.3 Å². The summed E-state index contributed by atoms with van der Waals surface area (Å²) in [6, 6.07) is 1.74. The van der Waals surface area contributed by atoms with Crippen LogP contribution in [0.15, 0.2) is 0 Å². The molecule has 3 rings (SSSR count). The molecule has 3 fully saturated rings. The summed E-state index contributed by atoms with van der Waals surface area (Å²) in [5, 5.41) is 3.28. The lowest BCUT2D eigenvalue weighted by molar-refractivity contribution is -0.127. The Kier molecular flexibility index (Phi) is 3.10. The van der Waals surface area contributed by atoms with Crippen LogP contribution < -0.4 is 11.1 Å². The van der Waals surface area contributed by atoms with Gasteiger partial charge in [0, 0.05) is 24.7 Å². The minimum atomic E-state index is -0.196. The number of piperidine rings is 2. The van der Waals surface area contributed by atoms with Crippen molar-refractivity contribution in [3.8, 4) is 0 Å². The molecule has 1 aliphatic carbocycles. The van der Waals surface area contributed by atoms with E-state index in [1.807, 2.05) is 0 Å². The Hall–Kier alpha value is -0.610. The molecule has 0 aromatic rings. The van der Waals surface area contributed by atoms with Gasteiger partial charge in [-0.25, -0.2) is 0 Å². The summed E-state index contributed by atoms with van der Waals surface area (Å²) < 4.78 is 0. The van der Waals surface area contributed by atoms with Crippen LogP contribution in [-0.4, -0.2) is 42.5 Å². The summed E-state index contributed by atoms with van der Waals surface area (Å²) in [7, 11) is 2.24. The maximum Gasteiger partial charge on any atom is 0.227 e. The number of carbonyl (C=O) groups is 1. The third-order valence-electron chi connectivity index (χ3n) is 5.40. The largest absolute Gasteiger partial charge is 0.353 e. The Morgan fingerprint density at radius 3 is 2.44 bits per heavy atom. The summed E-state index contributed by atoms with van der Waals surface area (Å²) in [5.74, 6) is 0.220. The third-order valence-corrected chi connectivity index (χ3v) is 5.40. The molecule has 3 N–H and O–H groups in total. The van der Waals surface area contributed by atoms with Gasteiger partial charge in [0.05, 0.1) is 5.41 Å². The van der Waals surface area contributed by atoms with Gasteiger partial charge in [0.15, 0.2) is 0 Å². The summed E-state index contributed by atoms with van der Waals surface area (Å²) in [6.45, 7) is 0.512. The topological polar surface area (TPSA) is 58.4 Å². The Balaban J connectivity index is 1.60. The van der Waals surface area contributed by atoms with Crippen molar-refractivity contribution in [1.82, 2.24) is 10.2 Å². The number of rotatable bonds is 3. The van der Waals surface area contributed by atoms with Gasteiger partial charge in [0.1, 0.15) is 0 Å². The third kappa shape index (κ3) is 2.05. The molecule has 0 spiro atoms. The van der Waals surface area contributed by atoms with E-state index in [9.17, 15) is 4.79 Å². The first-order chi connectivity index (χ1) is 8.64. The molecule has 18 heavy (non-hydrogen) atoms. The van der Waals surface area contributed by atoms with E-state index in [-0.39, 0.29) is 11.3 Å². The molecule has 4 heteroatoms. The van der Waals surface area contributed by atoms with Crippen LogP contribution in [0.1, 0.15) is 44.9 Å². The van der Waals surface area contributed by atoms with Crippen LogP contribution in [0.4, 0.5) is 0 Å². The zero-order valence-electron chi connectivity index (χ0n) is 11.3. The second-order valence-corrected chi connectivity index (χ2v) is 6.53. The molecule has 2 aliphatic heterocycles. The number of carbonyl (C=O) groups excluding carboxylic acids is 1. The number of hydrogen-bond donors (Lipinski definition) is 2. The van der Waals surface area contributed by atoms with Crippen molar-refractivity contribution in [2.24, 2.45) is 11.1 Å². The molecule has 0 aromatic heterocycles. The van der Waals surface area contributed by atoms with E-state index in [1.54, 1.807) is 0 Å². The number of amides is 1. The SMILES string of the molecule is CN1C2CCCC1CC(NC(=O)C1(CN)CC1)C2. The first-order valence-electron chi connectivity index (χ1n) is 7.37. The highest BCUT2D eigenvalue weighted by Crippen LogP contribution is 2.45. The molecule has 1 saturated carbocycles. The average molecular weight is 251 g/mol. The van der Waals surface area contributed by atoms with Crippen molar-refractivity contribution in [2.45, 2.75) is 63.1 Å². The summed E-state index contributed by atoms with van der Waals surface area (Å²) in [5.41, 5.74) is 5.52. The molecule has 4 nitrogen and oxygen atoms in total. The summed E-state index contributed by atoms with van der Waals surface area (Å²) >= 11 is 0. The van der Waals surface area contributed by atoms with Gasteiger partial charge in [0.2, 0.25) is 5.91 Å². The van der Waals surface area contributed by atoms with Gasteiger partial charge in [-0.3, -0.25) is 4.79 Å². The molecular formula is C14H25N3O. The normalized spacial score (nSPS) is 38.2. The first-order valence-corrected chi connectivity index (χ1v) is 7.37. The lowest BCUT2D eigenvalue weighted by Gasteiger charge is -2.47. The Morgan fingerprint density at radius 1 is 1.33 bits per heavy atom. The summed E-state index contributed by atoms with van der Waals surface area (Å²) in [4.78, 5) is 14.8. The smallest absolute Gasteiger partial charge is 0.227 e. The van der Waals surface area contributed by atoms with Crippen LogP contribution in [0.2, 0.25) is 0 Å². The molecule has 2 bridgehead atoms. The van der Waals surface area contributed by atoms with E-state index in [0.717, 1.165) is 25.7 Å². The molecule has 0 aromatic carbocycles. The van der Waals surface area contributed by atoms with E-state index in [2.05, 4.69) is 17.3 Å². The van der Waals surface area contributed by atoms with Gasteiger partial charge in [-0.05, 0) is 45.6 Å². The van der Waals surface area contributed by atoms with Crippen molar-refractivity contribution in [1.29, 1.82) is 0 Å². The fourth-order valence-electron chi connectivity index (χ4n) is 3.75. The van der Waals surface area contributed by atoms with E-state index in [0.29, 0.717) is 24.7 Å². The molecule has 102 valence electrons. The fourth-order valence-corrected chi connectivity index (χ4v) is 3.75. The molecule has 2 heterocycles. The van der Waals surface area contributed by atoms with Crippen LogP contribution >= 0.6 is 0 Å². The Labute approximate surface area is 109 Å². The van der Waals surface area contributed by atoms with Gasteiger partial charge in [-0.1, -0.05) is 6.42 Å². The second kappa shape index (κ2) is 4.49. The van der Waals surface area contributed by atoms with Gasteiger partial charge >= 0.3 is 0 Å². The fraction of sp³-hybridized carbons (Fsp3) is 0.929. The maximum absolute atomic E-state index is 12.2. The number of nitrogens with one attached hydrogen (secondary N) is 1. The molecular weight excluding hydrogens is 226 g/mol. The monoisotopic (exact) mass is 251 g/mol. The van der Waals surface area contributed by atoms with E-state index in [4.69, 9.17) is 5.73 Å². The van der Waals surface area contributed by atoms with Crippen LogP contribution in [0.3, 0.4) is 0 Å². The quantitative estimate of drug-likeness (QED) is 0.782. The average Bonchev–Trinajstić information content (AvgIpc) is 3.11. The van der Waals surface area contributed by atoms with E-state index < -0.39 is 0 Å². The van der Waals surface area contributed by atoms with Crippen molar-refractivity contribution in [3.05, 3.63) is 0 Å². The molecule has 2 unspecified atom stereocenters. The Morgan fingerprint density at radius 2 is 1.94 bits per heavy atom. The lowest BCUT2D eigenvalue weighted by atomic mass is 9.82. The van der Waals surface area contributed by atoms with Gasteiger partial charge in [0.25, 0.3) is 0 Å². The number of hydrogen-bond acceptors (Lipinski definition) is 3. The van der Waals surface area contributed by atoms with Crippen LogP contribution in [0.5, 0.6) is 0 Å². The summed E-state index contributed by atoms with van der Waals surface area (Å²) in [6.07, 6.45) is 8.15. The predicted octanol–water partition coefficient (Wildman–Crippen LogP) is 0.857. The van der Waals surface area contributed by atoms with Crippen molar-refractivity contribution < 1.29 is 4.79 Å². The Bertz CT molecular complexity index is 326. The standard InChI is InChI=1S/C14H25N3O/c1-17-11-3-2-4-12(17)8-10(7-11)16-13(18)14(9-15)5-6-14/h10-12H,2-9,15H2,1H3,(H,16,18). The highest BCUT2D eigenvalue weighted by Gasteiger charge is 2.49. The van der Waals surface area contributed by atoms with Crippen LogP contribution in [-0.2, 0) is 4.79 Å². The lowest BCUT2D eigenvalue weighted by Crippen LogP contribution is -2.56. The van der Waals surface area contributed by atoms with Crippen LogP contribution in [0.25, 0.3) is 0 Å². The number of nitrogens with two attached hydrogens (primary N) is 1. The minimum absolute atomic E-state index is 0.196. The van der Waals surface area contributed by atoms with Gasteiger partial charge < -0.3 is 16.0 Å². The number of nitrogens with zero attached hydrogens (tertiary/aromatic N) is 1.